The number of carbonyl (C=O) groups is 1. The van der Waals surface area contributed by atoms with Gasteiger partial charge >= 0.3 is 0 Å². The van der Waals surface area contributed by atoms with Gasteiger partial charge in [0.2, 0.25) is 0 Å². The fourth-order valence-electron chi connectivity index (χ4n) is 2.57. The Morgan fingerprint density at radius 2 is 1.88 bits per heavy atom. The zero-order valence-corrected chi connectivity index (χ0v) is 15.2. The number of aromatic nitrogens is 3. The lowest BCUT2D eigenvalue weighted by Crippen LogP contribution is -2.14. The highest BCUT2D eigenvalue weighted by Gasteiger charge is 2.07. The summed E-state index contributed by atoms with van der Waals surface area (Å²) in [6, 6.07) is 11.7. The van der Waals surface area contributed by atoms with Gasteiger partial charge < -0.3 is 15.2 Å². The summed E-state index contributed by atoms with van der Waals surface area (Å²) >= 11 is 0. The molecule has 0 aliphatic heterocycles. The molecule has 0 saturated carbocycles. The van der Waals surface area contributed by atoms with Gasteiger partial charge in [-0.15, -0.1) is 0 Å². The van der Waals surface area contributed by atoms with Gasteiger partial charge in [0, 0.05) is 36.9 Å². The fraction of sp³-hybridized carbons (Fsp3) is 0.250. The third-order valence-electron chi connectivity index (χ3n) is 3.95. The quantitative estimate of drug-likeness (QED) is 0.712. The average molecular weight is 349 g/mol. The highest BCUT2D eigenvalue weighted by Crippen LogP contribution is 2.14. The molecular weight excluding hydrogens is 326 g/mol. The topological polar surface area (TPSA) is 71.8 Å². The van der Waals surface area contributed by atoms with Crippen LogP contribution in [-0.2, 0) is 6.54 Å². The summed E-state index contributed by atoms with van der Waals surface area (Å²) in [6.07, 6.45) is 5.33. The van der Waals surface area contributed by atoms with Crippen LogP contribution in [0.3, 0.4) is 0 Å². The average Bonchev–Trinajstić information content (AvgIpc) is 3.01. The summed E-state index contributed by atoms with van der Waals surface area (Å²) in [4.78, 5) is 20.8. The van der Waals surface area contributed by atoms with Gasteiger partial charge in [0.1, 0.15) is 11.6 Å². The number of carbonyl (C=O) groups excluding carboxylic acids is 1. The van der Waals surface area contributed by atoms with E-state index in [0.717, 1.165) is 29.4 Å². The van der Waals surface area contributed by atoms with E-state index in [1.807, 2.05) is 57.3 Å². The molecule has 0 unspecified atom stereocenters. The number of nitrogens with one attached hydrogen (secondary N) is 2. The Hall–Kier alpha value is -3.15. The molecule has 3 rings (SSSR count). The van der Waals surface area contributed by atoms with Crippen LogP contribution in [0, 0.1) is 6.92 Å². The van der Waals surface area contributed by atoms with E-state index in [9.17, 15) is 4.79 Å². The van der Waals surface area contributed by atoms with Crippen LogP contribution in [0.2, 0.25) is 0 Å². The van der Waals surface area contributed by atoms with Gasteiger partial charge in [0.15, 0.2) is 0 Å². The van der Waals surface area contributed by atoms with Crippen LogP contribution in [0.4, 0.5) is 11.5 Å². The number of imidazole rings is 1. The third kappa shape index (κ3) is 4.47. The predicted octanol–water partition coefficient (Wildman–Crippen LogP) is 3.71. The Bertz CT molecular complexity index is 866. The maximum Gasteiger partial charge on any atom is 0.257 e. The van der Waals surface area contributed by atoms with Crippen LogP contribution in [0.5, 0.6) is 0 Å². The molecule has 2 N–H and O–H groups in total. The van der Waals surface area contributed by atoms with Crippen molar-refractivity contribution in [1.82, 2.24) is 14.5 Å². The van der Waals surface area contributed by atoms with Crippen LogP contribution in [0.25, 0.3) is 0 Å². The Morgan fingerprint density at radius 3 is 2.46 bits per heavy atom. The number of nitrogens with zero attached hydrogens (tertiary/aromatic N) is 3. The molecule has 2 aromatic heterocycles. The van der Waals surface area contributed by atoms with Crippen molar-refractivity contribution < 1.29 is 4.79 Å². The van der Waals surface area contributed by atoms with E-state index >= 15 is 0 Å². The number of hydrogen-bond donors (Lipinski definition) is 2. The smallest absolute Gasteiger partial charge is 0.257 e. The molecule has 6 nitrogen and oxygen atoms in total. The summed E-state index contributed by atoms with van der Waals surface area (Å²) in [5, 5.41) is 6.10. The van der Waals surface area contributed by atoms with Gasteiger partial charge in [-0.3, -0.25) is 4.79 Å². The lowest BCUT2D eigenvalue weighted by atomic mass is 10.2. The Balaban J connectivity index is 1.61. The van der Waals surface area contributed by atoms with Crippen molar-refractivity contribution in [3.8, 4) is 0 Å². The van der Waals surface area contributed by atoms with Crippen molar-refractivity contribution in [1.29, 1.82) is 0 Å². The van der Waals surface area contributed by atoms with Gasteiger partial charge in [-0.05, 0) is 50.6 Å². The van der Waals surface area contributed by atoms with Crippen LogP contribution >= 0.6 is 0 Å². The van der Waals surface area contributed by atoms with E-state index in [4.69, 9.17) is 0 Å². The van der Waals surface area contributed by atoms with Crippen molar-refractivity contribution in [2.75, 3.05) is 10.6 Å². The Morgan fingerprint density at radius 1 is 1.12 bits per heavy atom. The molecule has 3 aromatic rings. The molecule has 1 amide bonds. The van der Waals surface area contributed by atoms with Crippen molar-refractivity contribution >= 4 is 17.4 Å². The van der Waals surface area contributed by atoms with Crippen molar-refractivity contribution in [2.45, 2.75) is 33.4 Å². The molecule has 0 atom stereocenters. The molecule has 0 saturated heterocycles. The maximum absolute atomic E-state index is 12.3. The minimum atomic E-state index is -0.174. The van der Waals surface area contributed by atoms with E-state index in [2.05, 4.69) is 25.2 Å². The second kappa shape index (κ2) is 7.82. The second-order valence-corrected chi connectivity index (χ2v) is 6.48. The Kier molecular flexibility index (Phi) is 5.31. The monoisotopic (exact) mass is 349 g/mol. The SMILES string of the molecule is Cc1nccn1Cc1ccc(NC(=O)c2ccc(NC(C)C)nc2)cc1. The largest absolute Gasteiger partial charge is 0.368 e. The fourth-order valence-corrected chi connectivity index (χ4v) is 2.57. The summed E-state index contributed by atoms with van der Waals surface area (Å²) in [7, 11) is 0. The van der Waals surface area contributed by atoms with E-state index in [1.54, 1.807) is 18.5 Å². The van der Waals surface area contributed by atoms with E-state index in [-0.39, 0.29) is 5.91 Å². The molecule has 0 bridgehead atoms. The highest BCUT2D eigenvalue weighted by molar-refractivity contribution is 6.04. The minimum Gasteiger partial charge on any atom is -0.368 e. The summed E-state index contributed by atoms with van der Waals surface area (Å²) in [6.45, 7) is 6.82. The van der Waals surface area contributed by atoms with Crippen molar-refractivity contribution in [3.05, 3.63) is 71.9 Å². The van der Waals surface area contributed by atoms with Crippen molar-refractivity contribution in [2.24, 2.45) is 0 Å². The molecule has 0 aliphatic carbocycles. The zero-order chi connectivity index (χ0) is 18.5. The first-order valence-electron chi connectivity index (χ1n) is 8.62. The predicted molar refractivity (Wildman–Crippen MR) is 103 cm³/mol. The Labute approximate surface area is 153 Å². The van der Waals surface area contributed by atoms with Gasteiger partial charge in [-0.2, -0.15) is 0 Å². The third-order valence-corrected chi connectivity index (χ3v) is 3.95. The molecule has 0 radical (unpaired) electrons. The maximum atomic E-state index is 12.3. The van der Waals surface area contributed by atoms with Gasteiger partial charge in [0.05, 0.1) is 5.56 Å². The van der Waals surface area contributed by atoms with E-state index in [0.29, 0.717) is 11.6 Å². The van der Waals surface area contributed by atoms with Gasteiger partial charge in [-0.1, -0.05) is 12.1 Å². The number of hydrogen-bond acceptors (Lipinski definition) is 4. The first-order chi connectivity index (χ1) is 12.5. The lowest BCUT2D eigenvalue weighted by Gasteiger charge is -2.10. The molecule has 134 valence electrons. The van der Waals surface area contributed by atoms with E-state index in [1.165, 1.54) is 0 Å². The molecule has 0 spiro atoms. The number of benzene rings is 1. The normalized spacial score (nSPS) is 10.8. The van der Waals surface area contributed by atoms with Crippen LogP contribution in [0.15, 0.2) is 55.0 Å². The number of rotatable bonds is 6. The highest BCUT2D eigenvalue weighted by atomic mass is 16.1. The molecule has 26 heavy (non-hydrogen) atoms. The number of amides is 1. The second-order valence-electron chi connectivity index (χ2n) is 6.48. The van der Waals surface area contributed by atoms with Gasteiger partial charge in [0.25, 0.3) is 5.91 Å². The van der Waals surface area contributed by atoms with Gasteiger partial charge in [-0.25, -0.2) is 9.97 Å². The lowest BCUT2D eigenvalue weighted by molar-refractivity contribution is 0.102. The first kappa shape index (κ1) is 17.7. The van der Waals surface area contributed by atoms with Crippen LogP contribution < -0.4 is 10.6 Å². The van der Waals surface area contributed by atoms with E-state index < -0.39 is 0 Å². The first-order valence-corrected chi connectivity index (χ1v) is 8.62. The van der Waals surface area contributed by atoms with Crippen LogP contribution in [0.1, 0.15) is 35.6 Å². The standard InChI is InChI=1S/C20H23N5O/c1-14(2)23-19-9-6-17(12-22-19)20(26)24-18-7-4-16(5-8-18)13-25-11-10-21-15(25)3/h4-12,14H,13H2,1-3H3,(H,22,23)(H,24,26). The van der Waals surface area contributed by atoms with Crippen molar-refractivity contribution in [3.63, 3.8) is 0 Å². The molecular formula is C20H23N5O. The summed E-state index contributed by atoms with van der Waals surface area (Å²) in [5.74, 6) is 1.56. The summed E-state index contributed by atoms with van der Waals surface area (Å²) in [5.41, 5.74) is 2.43. The number of pyridine rings is 1. The molecule has 1 aromatic carbocycles. The minimum absolute atomic E-state index is 0.174. The molecule has 0 fully saturated rings. The molecule has 0 aliphatic rings. The number of anilines is 2. The molecule has 6 heteroatoms. The zero-order valence-electron chi connectivity index (χ0n) is 15.2. The molecule has 2 heterocycles. The number of aryl methyl sites for hydroxylation is 1. The summed E-state index contributed by atoms with van der Waals surface area (Å²) < 4.78 is 2.08. The van der Waals surface area contributed by atoms with Crippen LogP contribution in [-0.4, -0.2) is 26.5 Å².